The normalized spacial score (nSPS) is 14.9. The molecule has 0 unspecified atom stereocenters. The number of carbonyl (C=O) groups excluding carboxylic acids is 1. The number of anilines is 1. The van der Waals surface area contributed by atoms with Gasteiger partial charge in [-0.25, -0.2) is 4.39 Å². The number of nitrogens with zero attached hydrogens (tertiary/aromatic N) is 2. The second kappa shape index (κ2) is 10.3. The Morgan fingerprint density at radius 2 is 1.50 bits per heavy atom. The molecule has 0 N–H and O–H groups in total. The molecule has 0 atom stereocenters. The molecular formula is C20H31FN2O. The first kappa shape index (κ1) is 18.8. The van der Waals surface area contributed by atoms with Crippen LogP contribution in [0.4, 0.5) is 10.1 Å². The molecule has 1 aliphatic rings. The third kappa shape index (κ3) is 6.14. The van der Waals surface area contributed by atoms with Crippen molar-refractivity contribution in [2.24, 2.45) is 0 Å². The molecule has 0 aromatic heterocycles. The van der Waals surface area contributed by atoms with E-state index in [-0.39, 0.29) is 5.82 Å². The van der Waals surface area contributed by atoms with Crippen molar-refractivity contribution in [1.82, 2.24) is 4.90 Å². The number of amides is 1. The maximum atomic E-state index is 13.0. The van der Waals surface area contributed by atoms with Gasteiger partial charge in [0.1, 0.15) is 5.82 Å². The average Bonchev–Trinajstić information content (AvgIpc) is 2.61. The van der Waals surface area contributed by atoms with Crippen LogP contribution in [0.5, 0.6) is 0 Å². The van der Waals surface area contributed by atoms with Crippen LogP contribution in [0.25, 0.3) is 0 Å². The fourth-order valence-electron chi connectivity index (χ4n) is 3.26. The SMILES string of the molecule is CCCCCCCCCC(=O)N1CCN(c2ccc(F)cc2)CC1. The smallest absolute Gasteiger partial charge is 0.222 e. The average molecular weight is 334 g/mol. The van der Waals surface area contributed by atoms with Crippen LogP contribution in [0.2, 0.25) is 0 Å². The van der Waals surface area contributed by atoms with Crippen LogP contribution in [0, 0.1) is 5.82 Å². The molecule has 4 heteroatoms. The minimum Gasteiger partial charge on any atom is -0.368 e. The van der Waals surface area contributed by atoms with E-state index < -0.39 is 0 Å². The predicted octanol–water partition coefficient (Wildman–Crippen LogP) is 4.62. The lowest BCUT2D eigenvalue weighted by Crippen LogP contribution is -2.48. The maximum absolute atomic E-state index is 13.0. The number of benzene rings is 1. The number of piperazine rings is 1. The molecule has 0 radical (unpaired) electrons. The van der Waals surface area contributed by atoms with E-state index in [2.05, 4.69) is 11.8 Å². The lowest BCUT2D eigenvalue weighted by Gasteiger charge is -2.36. The highest BCUT2D eigenvalue weighted by Crippen LogP contribution is 2.17. The fourth-order valence-corrected chi connectivity index (χ4v) is 3.26. The quantitative estimate of drug-likeness (QED) is 0.616. The van der Waals surface area contributed by atoms with Gasteiger partial charge in [-0.2, -0.15) is 0 Å². The predicted molar refractivity (Wildman–Crippen MR) is 97.8 cm³/mol. The van der Waals surface area contributed by atoms with Gasteiger partial charge in [-0.1, -0.05) is 45.4 Å². The zero-order valence-corrected chi connectivity index (χ0v) is 15.0. The third-order valence-corrected chi connectivity index (χ3v) is 4.82. The van der Waals surface area contributed by atoms with E-state index in [1.165, 1.54) is 50.7 Å². The van der Waals surface area contributed by atoms with E-state index in [0.717, 1.165) is 38.3 Å². The van der Waals surface area contributed by atoms with Crippen molar-refractivity contribution in [3.8, 4) is 0 Å². The number of carbonyl (C=O) groups is 1. The van der Waals surface area contributed by atoms with Gasteiger partial charge in [0.05, 0.1) is 0 Å². The second-order valence-corrected chi connectivity index (χ2v) is 6.72. The Balaban J connectivity index is 1.61. The Morgan fingerprint density at radius 1 is 0.917 bits per heavy atom. The molecule has 0 bridgehead atoms. The van der Waals surface area contributed by atoms with E-state index in [1.54, 1.807) is 0 Å². The standard InChI is InChI=1S/C20H31FN2O/c1-2-3-4-5-6-7-8-9-20(24)23-16-14-22(15-17-23)19-12-10-18(21)11-13-19/h10-13H,2-9,14-17H2,1H3. The highest BCUT2D eigenvalue weighted by molar-refractivity contribution is 5.76. The molecule has 24 heavy (non-hydrogen) atoms. The summed E-state index contributed by atoms with van der Waals surface area (Å²) < 4.78 is 13.0. The molecule has 3 nitrogen and oxygen atoms in total. The van der Waals surface area contributed by atoms with Crippen molar-refractivity contribution in [2.75, 3.05) is 31.1 Å². The van der Waals surface area contributed by atoms with E-state index in [4.69, 9.17) is 0 Å². The Morgan fingerprint density at radius 3 is 2.12 bits per heavy atom. The summed E-state index contributed by atoms with van der Waals surface area (Å²) >= 11 is 0. The van der Waals surface area contributed by atoms with Crippen molar-refractivity contribution in [2.45, 2.75) is 58.3 Å². The van der Waals surface area contributed by atoms with Crippen molar-refractivity contribution in [3.63, 3.8) is 0 Å². The number of halogens is 1. The molecule has 0 spiro atoms. The van der Waals surface area contributed by atoms with Gasteiger partial charge in [0.15, 0.2) is 0 Å². The van der Waals surface area contributed by atoms with Crippen molar-refractivity contribution >= 4 is 11.6 Å². The molecule has 0 saturated carbocycles. The molecule has 1 heterocycles. The first-order chi connectivity index (χ1) is 11.7. The number of rotatable bonds is 9. The molecule has 134 valence electrons. The highest BCUT2D eigenvalue weighted by atomic mass is 19.1. The van der Waals surface area contributed by atoms with Gasteiger partial charge in [-0.05, 0) is 30.7 Å². The summed E-state index contributed by atoms with van der Waals surface area (Å²) in [4.78, 5) is 16.5. The molecule has 2 rings (SSSR count). The van der Waals surface area contributed by atoms with Crippen LogP contribution in [-0.4, -0.2) is 37.0 Å². The van der Waals surface area contributed by atoms with Crippen LogP contribution in [0.1, 0.15) is 58.3 Å². The Hall–Kier alpha value is -1.58. The van der Waals surface area contributed by atoms with E-state index in [9.17, 15) is 9.18 Å². The van der Waals surface area contributed by atoms with Gasteiger partial charge in [0.2, 0.25) is 5.91 Å². The summed E-state index contributed by atoms with van der Waals surface area (Å²) in [6.07, 6.45) is 9.37. The first-order valence-corrected chi connectivity index (χ1v) is 9.49. The van der Waals surface area contributed by atoms with Crippen LogP contribution in [0.3, 0.4) is 0 Å². The molecule has 1 amide bonds. The molecular weight excluding hydrogens is 303 g/mol. The fraction of sp³-hybridized carbons (Fsp3) is 0.650. The Labute approximate surface area is 145 Å². The van der Waals surface area contributed by atoms with Crippen molar-refractivity contribution in [3.05, 3.63) is 30.1 Å². The van der Waals surface area contributed by atoms with Gasteiger partial charge in [-0.3, -0.25) is 4.79 Å². The number of hydrogen-bond donors (Lipinski definition) is 0. The van der Waals surface area contributed by atoms with Crippen LogP contribution >= 0.6 is 0 Å². The number of unbranched alkanes of at least 4 members (excludes halogenated alkanes) is 6. The van der Waals surface area contributed by atoms with Gasteiger partial charge < -0.3 is 9.80 Å². The monoisotopic (exact) mass is 334 g/mol. The zero-order valence-electron chi connectivity index (χ0n) is 15.0. The van der Waals surface area contributed by atoms with Crippen LogP contribution in [0.15, 0.2) is 24.3 Å². The molecule has 1 aromatic carbocycles. The number of hydrogen-bond acceptors (Lipinski definition) is 2. The summed E-state index contributed by atoms with van der Waals surface area (Å²) in [5, 5.41) is 0. The lowest BCUT2D eigenvalue weighted by molar-refractivity contribution is -0.131. The van der Waals surface area contributed by atoms with Gasteiger partial charge in [0, 0.05) is 38.3 Å². The summed E-state index contributed by atoms with van der Waals surface area (Å²) in [6.45, 7) is 5.43. The largest absolute Gasteiger partial charge is 0.368 e. The minimum atomic E-state index is -0.206. The second-order valence-electron chi connectivity index (χ2n) is 6.72. The topological polar surface area (TPSA) is 23.6 Å². The van der Waals surface area contributed by atoms with Gasteiger partial charge in [0.25, 0.3) is 0 Å². The van der Waals surface area contributed by atoms with Gasteiger partial charge in [-0.15, -0.1) is 0 Å². The summed E-state index contributed by atoms with van der Waals surface area (Å²) in [5.41, 5.74) is 1.04. The first-order valence-electron chi connectivity index (χ1n) is 9.49. The summed E-state index contributed by atoms with van der Waals surface area (Å²) in [7, 11) is 0. The molecule has 1 saturated heterocycles. The van der Waals surface area contributed by atoms with Crippen molar-refractivity contribution < 1.29 is 9.18 Å². The van der Waals surface area contributed by atoms with E-state index >= 15 is 0 Å². The maximum Gasteiger partial charge on any atom is 0.222 e. The van der Waals surface area contributed by atoms with Crippen molar-refractivity contribution in [1.29, 1.82) is 0 Å². The molecule has 0 aliphatic carbocycles. The van der Waals surface area contributed by atoms with E-state index in [1.807, 2.05) is 17.0 Å². The third-order valence-electron chi connectivity index (χ3n) is 4.82. The molecule has 1 fully saturated rings. The zero-order chi connectivity index (χ0) is 17.2. The van der Waals surface area contributed by atoms with E-state index in [0.29, 0.717) is 12.3 Å². The van der Waals surface area contributed by atoms with Gasteiger partial charge >= 0.3 is 0 Å². The highest BCUT2D eigenvalue weighted by Gasteiger charge is 2.20. The Kier molecular flexibility index (Phi) is 8.06. The lowest BCUT2D eigenvalue weighted by atomic mass is 10.1. The van der Waals surface area contributed by atoms with Crippen LogP contribution < -0.4 is 4.90 Å². The summed E-state index contributed by atoms with van der Waals surface area (Å²) in [5.74, 6) is 0.0876. The minimum absolute atomic E-state index is 0.206. The molecule has 1 aromatic rings. The Bertz CT molecular complexity index is 481. The summed E-state index contributed by atoms with van der Waals surface area (Å²) in [6, 6.07) is 6.61. The molecule has 1 aliphatic heterocycles. The van der Waals surface area contributed by atoms with Crippen LogP contribution in [-0.2, 0) is 4.79 Å².